The zero-order valence-electron chi connectivity index (χ0n) is 13.4. The van der Waals surface area contributed by atoms with Gasteiger partial charge in [0.05, 0.1) is 6.04 Å². The summed E-state index contributed by atoms with van der Waals surface area (Å²) >= 11 is 16.4. The molecule has 0 aliphatic carbocycles. The first-order chi connectivity index (χ1) is 11.6. The van der Waals surface area contributed by atoms with Gasteiger partial charge >= 0.3 is 12.2 Å². The molecule has 25 heavy (non-hydrogen) atoms. The van der Waals surface area contributed by atoms with E-state index in [4.69, 9.17) is 44.3 Å². The molecule has 141 valence electrons. The van der Waals surface area contributed by atoms with Crippen molar-refractivity contribution in [1.29, 1.82) is 0 Å². The molecule has 1 fully saturated rings. The van der Waals surface area contributed by atoms with Crippen LogP contribution in [0.2, 0.25) is 0 Å². The molecule has 1 rings (SSSR count). The fourth-order valence-corrected chi connectivity index (χ4v) is 2.15. The maximum Gasteiger partial charge on any atom is 0.508 e. The first kappa shape index (κ1) is 21.7. The van der Waals surface area contributed by atoms with Gasteiger partial charge in [-0.1, -0.05) is 47.5 Å². The minimum atomic E-state index is -1.75. The van der Waals surface area contributed by atoms with Crippen molar-refractivity contribution >= 4 is 53.0 Å². The first-order valence-electron chi connectivity index (χ1n) is 7.22. The highest BCUT2D eigenvalue weighted by atomic mass is 35.6. The molecule has 8 nitrogen and oxygen atoms in total. The molecule has 0 spiro atoms. The SMILES string of the molecule is C=CCOC(=O)NCC[C]1NC(=O)[C@@H]1C(C)OC(=O)OCC(Cl)(Cl)Cl. The number of rotatable bonds is 8. The summed E-state index contributed by atoms with van der Waals surface area (Å²) in [5, 5.41) is 5.11. The summed E-state index contributed by atoms with van der Waals surface area (Å²) in [6.07, 6.45) is -0.626. The zero-order chi connectivity index (χ0) is 19.0. The molecule has 1 radical (unpaired) electrons. The molecule has 0 saturated carbocycles. The van der Waals surface area contributed by atoms with Crippen molar-refractivity contribution in [3.63, 3.8) is 0 Å². The number of halogens is 3. The molecule has 2 N–H and O–H groups in total. The molecule has 0 aromatic rings. The van der Waals surface area contributed by atoms with E-state index < -0.39 is 34.7 Å². The van der Waals surface area contributed by atoms with Gasteiger partial charge in [-0.3, -0.25) is 4.79 Å². The standard InChI is InChI=1S/C14H18Cl3N2O6/c1-3-6-23-12(21)18-5-4-9-10(11(20)19-9)8(2)25-13(22)24-7-14(15,16)17/h3,8,10H,1,4-7H2,2H3,(H,18,21)(H,19,20)/t8?,10-/m1/s1. The van der Waals surface area contributed by atoms with Gasteiger partial charge < -0.3 is 24.8 Å². The van der Waals surface area contributed by atoms with Crippen LogP contribution >= 0.6 is 34.8 Å². The number of hydrogen-bond acceptors (Lipinski definition) is 6. The van der Waals surface area contributed by atoms with Gasteiger partial charge in [0.2, 0.25) is 9.70 Å². The number of hydrogen-bond donors (Lipinski definition) is 2. The molecular weight excluding hydrogens is 399 g/mol. The predicted molar refractivity (Wildman–Crippen MR) is 91.2 cm³/mol. The second-order valence-corrected chi connectivity index (χ2v) is 7.55. The lowest BCUT2D eigenvalue weighted by Gasteiger charge is -2.38. The van der Waals surface area contributed by atoms with E-state index in [0.717, 1.165) is 0 Å². The Kier molecular flexibility index (Phi) is 8.61. The number of alkyl halides is 3. The van der Waals surface area contributed by atoms with Crippen LogP contribution in [0.15, 0.2) is 12.7 Å². The van der Waals surface area contributed by atoms with Gasteiger partial charge in [-0.25, -0.2) is 9.59 Å². The second kappa shape index (κ2) is 9.94. The second-order valence-electron chi connectivity index (χ2n) is 5.03. The quantitative estimate of drug-likeness (QED) is 0.273. The third-order valence-corrected chi connectivity index (χ3v) is 3.37. The first-order valence-corrected chi connectivity index (χ1v) is 8.35. The molecule has 2 amide bonds. The van der Waals surface area contributed by atoms with Gasteiger partial charge in [0.25, 0.3) is 0 Å². The number of ether oxygens (including phenoxy) is 3. The van der Waals surface area contributed by atoms with Gasteiger partial charge in [0.15, 0.2) is 0 Å². The van der Waals surface area contributed by atoms with Crippen LogP contribution in [0.5, 0.6) is 0 Å². The number of amides is 2. The summed E-state index contributed by atoms with van der Waals surface area (Å²) in [7, 11) is 0. The number of nitrogens with one attached hydrogen (secondary N) is 2. The van der Waals surface area contributed by atoms with Crippen LogP contribution in [0.3, 0.4) is 0 Å². The Bertz CT molecular complexity index is 511. The molecule has 1 saturated heterocycles. The highest BCUT2D eigenvalue weighted by Crippen LogP contribution is 2.30. The Morgan fingerprint density at radius 3 is 2.64 bits per heavy atom. The van der Waals surface area contributed by atoms with E-state index in [2.05, 4.69) is 21.9 Å². The lowest BCUT2D eigenvalue weighted by atomic mass is 9.84. The Hall–Kier alpha value is -1.38. The monoisotopic (exact) mass is 415 g/mol. The molecule has 1 heterocycles. The van der Waals surface area contributed by atoms with Gasteiger partial charge in [-0.2, -0.15) is 0 Å². The van der Waals surface area contributed by atoms with E-state index in [0.29, 0.717) is 12.5 Å². The molecule has 1 aliphatic rings. The van der Waals surface area contributed by atoms with Crippen LogP contribution < -0.4 is 10.6 Å². The van der Waals surface area contributed by atoms with E-state index in [1.54, 1.807) is 0 Å². The third kappa shape index (κ3) is 8.02. The summed E-state index contributed by atoms with van der Waals surface area (Å²) in [5.41, 5.74) is 0. The van der Waals surface area contributed by atoms with Crippen LogP contribution in [0.25, 0.3) is 0 Å². The Morgan fingerprint density at radius 2 is 2.08 bits per heavy atom. The molecule has 1 unspecified atom stereocenters. The summed E-state index contributed by atoms with van der Waals surface area (Å²) in [5.74, 6) is -0.947. The molecule has 1 aliphatic heterocycles. The van der Waals surface area contributed by atoms with Gasteiger partial charge in [-0.15, -0.1) is 0 Å². The fraction of sp³-hybridized carbons (Fsp3) is 0.571. The van der Waals surface area contributed by atoms with Crippen LogP contribution in [0.4, 0.5) is 9.59 Å². The van der Waals surface area contributed by atoms with E-state index >= 15 is 0 Å². The maximum atomic E-state index is 11.7. The number of β-lactam (4-membered cyclic amide) rings is 1. The fourth-order valence-electron chi connectivity index (χ4n) is 1.99. The van der Waals surface area contributed by atoms with Crippen LogP contribution in [-0.2, 0) is 19.0 Å². The highest BCUT2D eigenvalue weighted by molar-refractivity contribution is 6.67. The van der Waals surface area contributed by atoms with Gasteiger partial charge in [0, 0.05) is 6.54 Å². The minimum Gasteiger partial charge on any atom is -0.445 e. The van der Waals surface area contributed by atoms with Crippen LogP contribution in [0.1, 0.15) is 13.3 Å². The summed E-state index contributed by atoms with van der Waals surface area (Å²) < 4.78 is 12.6. The van der Waals surface area contributed by atoms with Crippen molar-refractivity contribution in [2.24, 2.45) is 5.92 Å². The van der Waals surface area contributed by atoms with Crippen LogP contribution in [-0.4, -0.2) is 47.8 Å². The number of alkyl carbamates (subject to hydrolysis) is 1. The van der Waals surface area contributed by atoms with E-state index in [9.17, 15) is 14.4 Å². The topological polar surface area (TPSA) is 103 Å². The van der Waals surface area contributed by atoms with Crippen molar-refractivity contribution < 1.29 is 28.6 Å². The van der Waals surface area contributed by atoms with Crippen molar-refractivity contribution in [2.45, 2.75) is 23.2 Å². The summed E-state index contributed by atoms with van der Waals surface area (Å²) in [6.45, 7) is 4.82. The van der Waals surface area contributed by atoms with Crippen molar-refractivity contribution in [2.75, 3.05) is 19.8 Å². The maximum absolute atomic E-state index is 11.7. The molecule has 0 aromatic carbocycles. The lowest BCUT2D eigenvalue weighted by Crippen LogP contribution is -2.57. The number of carbonyl (C=O) groups excluding carboxylic acids is 3. The Labute approximate surface area is 160 Å². The van der Waals surface area contributed by atoms with E-state index in [-0.39, 0.29) is 19.1 Å². The van der Waals surface area contributed by atoms with Gasteiger partial charge in [0.1, 0.15) is 25.2 Å². The summed E-state index contributed by atoms with van der Waals surface area (Å²) in [4.78, 5) is 34.5. The Morgan fingerprint density at radius 1 is 1.40 bits per heavy atom. The molecule has 11 heteroatoms. The van der Waals surface area contributed by atoms with E-state index in [1.165, 1.54) is 13.0 Å². The Balaban J connectivity index is 2.35. The van der Waals surface area contributed by atoms with E-state index in [1.807, 2.05) is 0 Å². The predicted octanol–water partition coefficient (Wildman–Crippen LogP) is 2.48. The largest absolute Gasteiger partial charge is 0.508 e. The molecule has 0 aromatic heterocycles. The average Bonchev–Trinajstić information content (AvgIpc) is 2.49. The van der Waals surface area contributed by atoms with Crippen molar-refractivity contribution in [3.8, 4) is 0 Å². The van der Waals surface area contributed by atoms with Gasteiger partial charge in [-0.05, 0) is 13.3 Å². The molecule has 0 bridgehead atoms. The highest BCUT2D eigenvalue weighted by Gasteiger charge is 2.45. The molecular formula is C14H18Cl3N2O6. The minimum absolute atomic E-state index is 0.100. The smallest absolute Gasteiger partial charge is 0.445 e. The van der Waals surface area contributed by atoms with Crippen LogP contribution in [0, 0.1) is 12.0 Å². The van der Waals surface area contributed by atoms with Crippen molar-refractivity contribution in [3.05, 3.63) is 18.7 Å². The summed E-state index contributed by atoms with van der Waals surface area (Å²) in [6, 6.07) is 0.621. The zero-order valence-corrected chi connectivity index (χ0v) is 15.6. The number of carbonyl (C=O) groups is 3. The average molecular weight is 417 g/mol. The lowest BCUT2D eigenvalue weighted by molar-refractivity contribution is -0.135. The van der Waals surface area contributed by atoms with Crippen molar-refractivity contribution in [1.82, 2.24) is 10.6 Å². The third-order valence-electron chi connectivity index (χ3n) is 3.04. The molecule has 2 atom stereocenters. The normalized spacial score (nSPS) is 18.4.